The average Bonchev–Trinajstić information content (AvgIpc) is 2.80. The molecule has 0 radical (unpaired) electrons. The van der Waals surface area contributed by atoms with Crippen LogP contribution in [0.3, 0.4) is 0 Å². The molecule has 0 amide bonds. The highest BCUT2D eigenvalue weighted by Crippen LogP contribution is 2.30. The number of benzene rings is 3. The molecular weight excluding hydrogens is 420 g/mol. The van der Waals surface area contributed by atoms with E-state index in [2.05, 4.69) is 53.3 Å². The fraction of sp³-hybridized carbons (Fsp3) is 0.323. The van der Waals surface area contributed by atoms with Gasteiger partial charge in [0.2, 0.25) is 0 Å². The molecule has 0 aliphatic heterocycles. The lowest BCUT2D eigenvalue weighted by Crippen LogP contribution is -2.07. The van der Waals surface area contributed by atoms with Crippen LogP contribution in [0.1, 0.15) is 83.3 Å². The summed E-state index contributed by atoms with van der Waals surface area (Å²) in [4.78, 5) is 12.3. The van der Waals surface area contributed by atoms with Crippen molar-refractivity contribution in [3.05, 3.63) is 106 Å². The van der Waals surface area contributed by atoms with E-state index in [1.54, 1.807) is 0 Å². The smallest absolute Gasteiger partial charge is 0.185 e. The third kappa shape index (κ3) is 5.96. The van der Waals surface area contributed by atoms with Gasteiger partial charge in [-0.15, -0.1) is 0 Å². The third-order valence-corrected chi connectivity index (χ3v) is 6.16. The maximum Gasteiger partial charge on any atom is 0.185 e. The summed E-state index contributed by atoms with van der Waals surface area (Å²) in [7, 11) is 0. The van der Waals surface area contributed by atoms with E-state index in [1.807, 2.05) is 49.4 Å². The van der Waals surface area contributed by atoms with Crippen molar-refractivity contribution in [1.82, 2.24) is 0 Å². The predicted octanol–water partition coefficient (Wildman–Crippen LogP) is 8.08. The molecule has 0 aliphatic rings. The molecule has 0 aliphatic carbocycles. The molecule has 0 unspecified atom stereocenters. The number of carbonyl (C=O) groups excluding carboxylic acids is 1. The predicted molar refractivity (Wildman–Crippen MR) is 140 cm³/mol. The summed E-state index contributed by atoms with van der Waals surface area (Å²) >= 11 is 0. The summed E-state index contributed by atoms with van der Waals surface area (Å²) in [6, 6.07) is 18.0. The van der Waals surface area contributed by atoms with E-state index in [1.165, 1.54) is 28.3 Å². The molecule has 0 spiro atoms. The summed E-state index contributed by atoms with van der Waals surface area (Å²) in [5.41, 5.74) is 7.68. The Bertz CT molecular complexity index is 1170. The van der Waals surface area contributed by atoms with Crippen LogP contribution >= 0.6 is 0 Å². The van der Waals surface area contributed by atoms with E-state index in [9.17, 15) is 4.79 Å². The van der Waals surface area contributed by atoms with Crippen LogP contribution in [-0.2, 0) is 13.2 Å². The number of aryl methyl sites for hydroxylation is 2. The second-order valence-electron chi connectivity index (χ2n) is 9.45. The quantitative estimate of drug-likeness (QED) is 0.228. The molecule has 0 N–H and O–H groups in total. The van der Waals surface area contributed by atoms with Crippen LogP contribution in [0.15, 0.2) is 67.3 Å². The molecule has 0 saturated heterocycles. The van der Waals surface area contributed by atoms with Crippen molar-refractivity contribution in [2.24, 2.45) is 0 Å². The minimum atomic E-state index is -0.0893. The first kappa shape index (κ1) is 25.3. The van der Waals surface area contributed by atoms with Gasteiger partial charge < -0.3 is 9.47 Å². The maximum absolute atomic E-state index is 12.3. The van der Waals surface area contributed by atoms with Crippen LogP contribution in [0.4, 0.5) is 0 Å². The molecule has 34 heavy (non-hydrogen) atoms. The first-order valence-corrected chi connectivity index (χ1v) is 12.0. The van der Waals surface area contributed by atoms with E-state index in [4.69, 9.17) is 9.47 Å². The molecule has 0 atom stereocenters. The lowest BCUT2D eigenvalue weighted by Gasteiger charge is -2.19. The largest absolute Gasteiger partial charge is 0.489 e. The van der Waals surface area contributed by atoms with Gasteiger partial charge in [0.15, 0.2) is 5.78 Å². The standard InChI is InChI=1S/C31H36O3/c1-8-30(32)31-22(6)11-9-12-24(31)18-33-26-13-10-14-27(16-26)34-19-25-15-23(7)28(20(2)3)17-29(25)21(4)5/h8-17,20-21H,1,18-19H2,2-7H3. The van der Waals surface area contributed by atoms with Gasteiger partial charge in [-0.05, 0) is 71.7 Å². The monoisotopic (exact) mass is 456 g/mol. The summed E-state index contributed by atoms with van der Waals surface area (Å²) in [5, 5.41) is 0. The number of hydrogen-bond acceptors (Lipinski definition) is 3. The van der Waals surface area contributed by atoms with Gasteiger partial charge in [0.1, 0.15) is 24.7 Å². The number of carbonyl (C=O) groups is 1. The van der Waals surface area contributed by atoms with Crippen LogP contribution in [0.25, 0.3) is 0 Å². The zero-order valence-electron chi connectivity index (χ0n) is 21.3. The third-order valence-electron chi connectivity index (χ3n) is 6.16. The molecule has 3 nitrogen and oxygen atoms in total. The Morgan fingerprint density at radius 1 is 0.794 bits per heavy atom. The SMILES string of the molecule is C=CC(=O)c1c(C)cccc1COc1cccc(OCc2cc(C)c(C(C)C)cc2C(C)C)c1. The number of allylic oxidation sites excluding steroid dienone is 1. The van der Waals surface area contributed by atoms with Crippen molar-refractivity contribution in [3.63, 3.8) is 0 Å². The van der Waals surface area contributed by atoms with Gasteiger partial charge in [0.25, 0.3) is 0 Å². The summed E-state index contributed by atoms with van der Waals surface area (Å²) in [5.74, 6) is 2.29. The first-order valence-electron chi connectivity index (χ1n) is 12.0. The maximum atomic E-state index is 12.3. The molecule has 0 heterocycles. The molecule has 0 aromatic heterocycles. The normalized spacial score (nSPS) is 11.1. The van der Waals surface area contributed by atoms with Gasteiger partial charge in [0, 0.05) is 17.2 Å². The van der Waals surface area contributed by atoms with E-state index >= 15 is 0 Å². The Hall–Kier alpha value is -3.33. The van der Waals surface area contributed by atoms with Crippen LogP contribution in [0, 0.1) is 13.8 Å². The molecule has 3 aromatic carbocycles. The Morgan fingerprint density at radius 3 is 1.97 bits per heavy atom. The summed E-state index contributed by atoms with van der Waals surface area (Å²) in [6.45, 7) is 17.5. The van der Waals surface area contributed by atoms with E-state index in [0.717, 1.165) is 16.9 Å². The fourth-order valence-electron chi connectivity index (χ4n) is 4.37. The zero-order chi connectivity index (χ0) is 24.8. The zero-order valence-corrected chi connectivity index (χ0v) is 21.3. The van der Waals surface area contributed by atoms with E-state index in [0.29, 0.717) is 36.4 Å². The molecule has 3 rings (SSSR count). The minimum Gasteiger partial charge on any atom is -0.489 e. The Balaban J connectivity index is 1.74. The van der Waals surface area contributed by atoms with E-state index in [-0.39, 0.29) is 5.78 Å². The number of hydrogen-bond donors (Lipinski definition) is 0. The Kier molecular flexibility index (Phi) is 8.33. The van der Waals surface area contributed by atoms with Crippen LogP contribution < -0.4 is 9.47 Å². The molecule has 0 saturated carbocycles. The van der Waals surface area contributed by atoms with Gasteiger partial charge in [0.05, 0.1) is 0 Å². The lowest BCUT2D eigenvalue weighted by molar-refractivity contribution is 0.104. The highest BCUT2D eigenvalue weighted by Gasteiger charge is 2.14. The van der Waals surface area contributed by atoms with Gasteiger partial charge in [-0.25, -0.2) is 0 Å². The van der Waals surface area contributed by atoms with Crippen molar-refractivity contribution >= 4 is 5.78 Å². The fourth-order valence-corrected chi connectivity index (χ4v) is 4.37. The van der Waals surface area contributed by atoms with Crippen LogP contribution in [-0.4, -0.2) is 5.78 Å². The molecule has 0 bridgehead atoms. The number of ketones is 1. The van der Waals surface area contributed by atoms with Crippen molar-refractivity contribution in [1.29, 1.82) is 0 Å². The van der Waals surface area contributed by atoms with E-state index < -0.39 is 0 Å². The van der Waals surface area contributed by atoms with Crippen molar-refractivity contribution in [2.45, 2.75) is 66.6 Å². The van der Waals surface area contributed by atoms with Gasteiger partial charge in [-0.3, -0.25) is 4.79 Å². The van der Waals surface area contributed by atoms with Gasteiger partial charge >= 0.3 is 0 Å². The molecule has 3 heteroatoms. The molecule has 3 aromatic rings. The number of rotatable bonds is 10. The van der Waals surface area contributed by atoms with Crippen molar-refractivity contribution < 1.29 is 14.3 Å². The lowest BCUT2D eigenvalue weighted by atomic mass is 9.88. The van der Waals surface area contributed by atoms with Gasteiger partial charge in [-0.2, -0.15) is 0 Å². The number of ether oxygens (including phenoxy) is 2. The second-order valence-corrected chi connectivity index (χ2v) is 9.45. The topological polar surface area (TPSA) is 35.5 Å². The second kappa shape index (κ2) is 11.2. The average molecular weight is 457 g/mol. The van der Waals surface area contributed by atoms with Crippen LogP contribution in [0.5, 0.6) is 11.5 Å². The summed E-state index contributed by atoms with van der Waals surface area (Å²) < 4.78 is 12.2. The highest BCUT2D eigenvalue weighted by molar-refractivity contribution is 6.06. The van der Waals surface area contributed by atoms with Crippen molar-refractivity contribution in [3.8, 4) is 11.5 Å². The molecule has 0 fully saturated rings. The van der Waals surface area contributed by atoms with Gasteiger partial charge in [-0.1, -0.05) is 70.7 Å². The summed E-state index contributed by atoms with van der Waals surface area (Å²) in [6.07, 6.45) is 1.35. The molecule has 178 valence electrons. The first-order chi connectivity index (χ1) is 16.2. The molecular formula is C31H36O3. The van der Waals surface area contributed by atoms with Crippen LogP contribution in [0.2, 0.25) is 0 Å². The Morgan fingerprint density at radius 2 is 1.38 bits per heavy atom. The highest BCUT2D eigenvalue weighted by atomic mass is 16.5. The van der Waals surface area contributed by atoms with Crippen molar-refractivity contribution in [2.75, 3.05) is 0 Å². The Labute approximate surface area is 204 Å². The minimum absolute atomic E-state index is 0.0893.